The third kappa shape index (κ3) is 5.36. The second kappa shape index (κ2) is 8.75. The van der Waals surface area contributed by atoms with Gasteiger partial charge in [-0.25, -0.2) is 8.42 Å². The van der Waals surface area contributed by atoms with Crippen molar-refractivity contribution >= 4 is 21.7 Å². The van der Waals surface area contributed by atoms with Gasteiger partial charge < -0.3 is 5.32 Å². The molecule has 1 amide bonds. The summed E-state index contributed by atoms with van der Waals surface area (Å²) in [5.41, 5.74) is 0.381. The number of nitrogens with zero attached hydrogens (tertiary/aromatic N) is 2. The van der Waals surface area contributed by atoms with E-state index in [2.05, 4.69) is 5.32 Å². The summed E-state index contributed by atoms with van der Waals surface area (Å²) >= 11 is 0. The van der Waals surface area contributed by atoms with Crippen LogP contribution in [0.15, 0.2) is 29.2 Å². The number of amides is 1. The van der Waals surface area contributed by atoms with Gasteiger partial charge in [0.15, 0.2) is 5.78 Å². The van der Waals surface area contributed by atoms with Crippen molar-refractivity contribution in [3.8, 4) is 0 Å². The number of Topliss-reactive ketones (excluding diaryl/α,β-unsaturated/α-hetero) is 1. The van der Waals surface area contributed by atoms with E-state index in [1.54, 1.807) is 12.1 Å². The fourth-order valence-electron chi connectivity index (χ4n) is 2.73. The van der Waals surface area contributed by atoms with Gasteiger partial charge in [0.2, 0.25) is 15.9 Å². The van der Waals surface area contributed by atoms with E-state index in [-0.39, 0.29) is 23.1 Å². The number of carbonyl (C=O) groups excluding carboxylic acids is 2. The molecule has 0 saturated carbocycles. The van der Waals surface area contributed by atoms with Crippen LogP contribution in [0.5, 0.6) is 0 Å². The molecule has 1 saturated heterocycles. The van der Waals surface area contributed by atoms with E-state index in [1.807, 2.05) is 18.7 Å². The average Bonchev–Trinajstić information content (AvgIpc) is 2.60. The molecule has 1 heterocycles. The van der Waals surface area contributed by atoms with Crippen LogP contribution in [0.4, 0.5) is 0 Å². The monoisotopic (exact) mass is 381 g/mol. The van der Waals surface area contributed by atoms with E-state index in [0.717, 1.165) is 0 Å². The van der Waals surface area contributed by atoms with Gasteiger partial charge in [-0.05, 0) is 25.0 Å². The minimum absolute atomic E-state index is 0.0378. The van der Waals surface area contributed by atoms with Gasteiger partial charge >= 0.3 is 0 Å². The number of carbonyl (C=O) groups is 2. The number of sulfonamides is 1. The average molecular weight is 381 g/mol. The van der Waals surface area contributed by atoms with Crippen molar-refractivity contribution < 1.29 is 18.0 Å². The molecule has 0 aliphatic carbocycles. The fourth-order valence-corrected chi connectivity index (χ4v) is 4.20. The second-order valence-electron chi connectivity index (χ2n) is 6.96. The van der Waals surface area contributed by atoms with Gasteiger partial charge in [0.25, 0.3) is 0 Å². The van der Waals surface area contributed by atoms with Crippen LogP contribution in [0.2, 0.25) is 0 Å². The maximum Gasteiger partial charge on any atom is 0.243 e. The number of hydrogen-bond donors (Lipinski definition) is 1. The lowest BCUT2D eigenvalue weighted by Gasteiger charge is -2.33. The van der Waals surface area contributed by atoms with E-state index in [4.69, 9.17) is 0 Å². The number of nitrogens with one attached hydrogen (secondary N) is 1. The molecule has 8 heteroatoms. The molecule has 1 aliphatic rings. The van der Waals surface area contributed by atoms with Crippen LogP contribution in [0.25, 0.3) is 0 Å². The lowest BCUT2D eigenvalue weighted by atomic mass is 10.2. The van der Waals surface area contributed by atoms with E-state index in [0.29, 0.717) is 44.2 Å². The first-order chi connectivity index (χ1) is 12.2. The highest BCUT2D eigenvalue weighted by molar-refractivity contribution is 7.89. The summed E-state index contributed by atoms with van der Waals surface area (Å²) < 4.78 is 27.0. The molecule has 0 unspecified atom stereocenters. The summed E-state index contributed by atoms with van der Waals surface area (Å²) in [5, 5.41) is 2.87. The number of rotatable bonds is 7. The zero-order chi connectivity index (χ0) is 19.3. The number of ketones is 1. The zero-order valence-electron chi connectivity index (χ0n) is 15.6. The lowest BCUT2D eigenvalue weighted by molar-refractivity contribution is -0.122. The van der Waals surface area contributed by atoms with E-state index >= 15 is 0 Å². The molecule has 1 fully saturated rings. The highest BCUT2D eigenvalue weighted by Gasteiger charge is 2.29. The molecule has 0 spiro atoms. The van der Waals surface area contributed by atoms with Crippen LogP contribution >= 0.6 is 0 Å². The highest BCUT2D eigenvalue weighted by atomic mass is 32.2. The Hall–Kier alpha value is -1.77. The quantitative estimate of drug-likeness (QED) is 0.711. The minimum Gasteiger partial charge on any atom is -0.355 e. The summed E-state index contributed by atoms with van der Waals surface area (Å²) in [6.45, 7) is 8.04. The Morgan fingerprint density at radius 3 is 2.38 bits per heavy atom. The van der Waals surface area contributed by atoms with Crippen LogP contribution in [-0.4, -0.2) is 68.6 Å². The maximum absolute atomic E-state index is 12.8. The Balaban J connectivity index is 1.95. The first kappa shape index (κ1) is 20.5. The summed E-state index contributed by atoms with van der Waals surface area (Å²) in [7, 11) is -3.64. The van der Waals surface area contributed by atoms with Crippen LogP contribution < -0.4 is 5.32 Å². The van der Waals surface area contributed by atoms with Crippen molar-refractivity contribution in [1.82, 2.24) is 14.5 Å². The third-order valence-electron chi connectivity index (χ3n) is 4.28. The van der Waals surface area contributed by atoms with Gasteiger partial charge in [-0.1, -0.05) is 26.0 Å². The summed E-state index contributed by atoms with van der Waals surface area (Å²) in [5.74, 6) is 0.190. The molecule has 0 atom stereocenters. The molecule has 7 nitrogen and oxygen atoms in total. The smallest absolute Gasteiger partial charge is 0.243 e. The van der Waals surface area contributed by atoms with Crippen molar-refractivity contribution in [1.29, 1.82) is 0 Å². The Morgan fingerprint density at radius 1 is 1.15 bits per heavy atom. The first-order valence-electron chi connectivity index (χ1n) is 8.80. The number of benzene rings is 1. The Morgan fingerprint density at radius 2 is 1.81 bits per heavy atom. The maximum atomic E-state index is 12.8. The van der Waals surface area contributed by atoms with Gasteiger partial charge in [-0.2, -0.15) is 4.31 Å². The summed E-state index contributed by atoms with van der Waals surface area (Å²) in [4.78, 5) is 25.5. The molecule has 1 aliphatic heterocycles. The molecule has 0 radical (unpaired) electrons. The Labute approximate surface area is 155 Å². The predicted molar refractivity (Wildman–Crippen MR) is 99.5 cm³/mol. The molecule has 26 heavy (non-hydrogen) atoms. The standard InChI is InChI=1S/C18H27N3O4S/c1-14(2)12-19-18(23)13-20-7-9-21(10-8-20)26(24,25)17-6-4-5-16(11-17)15(3)22/h4-6,11,14H,7-10,12-13H2,1-3H3,(H,19,23). The van der Waals surface area contributed by atoms with Crippen molar-refractivity contribution in [3.63, 3.8) is 0 Å². The van der Waals surface area contributed by atoms with Gasteiger partial charge in [0.05, 0.1) is 11.4 Å². The zero-order valence-corrected chi connectivity index (χ0v) is 16.4. The van der Waals surface area contributed by atoms with Gasteiger partial charge in [0, 0.05) is 38.3 Å². The molecule has 1 aromatic rings. The van der Waals surface area contributed by atoms with Gasteiger partial charge in [-0.15, -0.1) is 0 Å². The van der Waals surface area contributed by atoms with E-state index in [1.165, 1.54) is 23.4 Å². The number of piperazine rings is 1. The van der Waals surface area contributed by atoms with Crippen molar-refractivity contribution in [2.45, 2.75) is 25.7 Å². The van der Waals surface area contributed by atoms with Crippen LogP contribution in [0.3, 0.4) is 0 Å². The molecular formula is C18H27N3O4S. The molecule has 144 valence electrons. The lowest BCUT2D eigenvalue weighted by Crippen LogP contribution is -2.51. The number of hydrogen-bond acceptors (Lipinski definition) is 5. The molecule has 1 aromatic carbocycles. The third-order valence-corrected chi connectivity index (χ3v) is 6.18. The van der Waals surface area contributed by atoms with Crippen LogP contribution in [0.1, 0.15) is 31.1 Å². The molecule has 1 N–H and O–H groups in total. The van der Waals surface area contributed by atoms with Crippen molar-refractivity contribution in [2.24, 2.45) is 5.92 Å². The summed E-state index contributed by atoms with van der Waals surface area (Å²) in [6.07, 6.45) is 0. The van der Waals surface area contributed by atoms with Crippen molar-refractivity contribution in [3.05, 3.63) is 29.8 Å². The normalized spacial score (nSPS) is 16.6. The Kier molecular flexibility index (Phi) is 6.91. The van der Waals surface area contributed by atoms with Gasteiger partial charge in [0.1, 0.15) is 0 Å². The second-order valence-corrected chi connectivity index (χ2v) is 8.90. The Bertz CT molecular complexity index is 753. The van der Waals surface area contributed by atoms with Crippen LogP contribution in [0, 0.1) is 5.92 Å². The molecule has 2 rings (SSSR count). The first-order valence-corrected chi connectivity index (χ1v) is 10.2. The van der Waals surface area contributed by atoms with E-state index < -0.39 is 10.0 Å². The highest BCUT2D eigenvalue weighted by Crippen LogP contribution is 2.19. The van der Waals surface area contributed by atoms with Crippen molar-refractivity contribution in [2.75, 3.05) is 39.3 Å². The van der Waals surface area contributed by atoms with Crippen LogP contribution in [-0.2, 0) is 14.8 Å². The van der Waals surface area contributed by atoms with E-state index in [9.17, 15) is 18.0 Å². The fraction of sp³-hybridized carbons (Fsp3) is 0.556. The molecule has 0 aromatic heterocycles. The predicted octanol–water partition coefficient (Wildman–Crippen LogP) is 0.968. The topological polar surface area (TPSA) is 86.8 Å². The molecular weight excluding hydrogens is 354 g/mol. The minimum atomic E-state index is -3.64. The largest absolute Gasteiger partial charge is 0.355 e. The summed E-state index contributed by atoms with van der Waals surface area (Å²) in [6, 6.07) is 6.12. The van der Waals surface area contributed by atoms with Gasteiger partial charge in [-0.3, -0.25) is 14.5 Å². The SMILES string of the molecule is CC(=O)c1cccc(S(=O)(=O)N2CCN(CC(=O)NCC(C)C)CC2)c1. The molecule has 0 bridgehead atoms.